The molecule has 32 heavy (non-hydrogen) atoms. The summed E-state index contributed by atoms with van der Waals surface area (Å²) in [5.74, 6) is -0.00138. The third-order valence-electron chi connectivity index (χ3n) is 3.82. The van der Waals surface area contributed by atoms with Gasteiger partial charge in [0.2, 0.25) is 0 Å². The Labute approximate surface area is 181 Å². The average Bonchev–Trinajstić information content (AvgIpc) is 3.05. The van der Waals surface area contributed by atoms with E-state index in [1.54, 1.807) is 0 Å². The maximum atomic E-state index is 12.0. The van der Waals surface area contributed by atoms with Gasteiger partial charge in [0.25, 0.3) is 0 Å². The summed E-state index contributed by atoms with van der Waals surface area (Å²) < 4.78 is 63.5. The van der Waals surface area contributed by atoms with Gasteiger partial charge in [0, 0.05) is 19.7 Å². The predicted molar refractivity (Wildman–Crippen MR) is 106 cm³/mol. The maximum absolute atomic E-state index is 12.0. The third kappa shape index (κ3) is 7.96. The van der Waals surface area contributed by atoms with Crippen molar-refractivity contribution in [3.8, 4) is 0 Å². The first kappa shape index (κ1) is 27.0. The molecule has 1 aliphatic rings. The van der Waals surface area contributed by atoms with Crippen molar-refractivity contribution in [3.05, 3.63) is 35.4 Å². The summed E-state index contributed by atoms with van der Waals surface area (Å²) in [7, 11) is -15.2. The van der Waals surface area contributed by atoms with Crippen molar-refractivity contribution < 1.29 is 55.5 Å². The zero-order chi connectivity index (χ0) is 24.2. The van der Waals surface area contributed by atoms with E-state index >= 15 is 0 Å². The van der Waals surface area contributed by atoms with E-state index in [9.17, 15) is 28.3 Å². The Kier molecular flexibility index (Phi) is 9.10. The summed E-state index contributed by atoms with van der Waals surface area (Å²) in [6.07, 6.45) is 0.178. The molecule has 16 nitrogen and oxygen atoms in total. The molecule has 6 atom stereocenters. The summed E-state index contributed by atoms with van der Waals surface area (Å²) in [6.45, 7) is 2.87. The van der Waals surface area contributed by atoms with Crippen LogP contribution < -0.4 is 11.4 Å². The number of hydrogen-bond donors (Lipinski definition) is 4. The van der Waals surface area contributed by atoms with E-state index in [4.69, 9.17) is 20.1 Å². The molecule has 0 bridgehead atoms. The molecule has 0 aromatic carbocycles. The Hall–Kier alpha value is -1.25. The van der Waals surface area contributed by atoms with E-state index in [0.717, 1.165) is 4.57 Å². The Morgan fingerprint density at radius 2 is 1.94 bits per heavy atom. The summed E-state index contributed by atoms with van der Waals surface area (Å²) in [5, 5.41) is 0. The van der Waals surface area contributed by atoms with Gasteiger partial charge < -0.3 is 29.9 Å². The normalized spacial score (nSPS) is 26.7. The number of nitrogens with two attached hydrogens (primary N) is 1. The van der Waals surface area contributed by atoms with Gasteiger partial charge in [0.1, 0.15) is 18.1 Å². The highest BCUT2D eigenvalue weighted by atomic mass is 31.3. The maximum Gasteiger partial charge on any atom is 0.490 e. The van der Waals surface area contributed by atoms with Gasteiger partial charge in [-0.25, -0.2) is 18.5 Å². The molecule has 2 rings (SSSR count). The fourth-order valence-corrected chi connectivity index (χ4v) is 5.80. The molecule has 1 saturated heterocycles. The molecule has 0 saturated carbocycles. The highest BCUT2D eigenvalue weighted by Gasteiger charge is 2.44. The standard InChI is InChI=1S/C13H22N3O13P3/c1-3-6-25-9-7-12(16-5-4-11(14)15-13(16)17)27-10(9)8-26-31(20,21)29-32(22,23)28-30(18,19)24-2/h3-5,9-10,12H,1,6-8H2,2H3,(H,18,19)(H,20,21)(H,22,23)(H2,14,15,17)/t9?,10-,12-/m1/s1. The molecule has 1 aromatic rings. The van der Waals surface area contributed by atoms with Crippen molar-refractivity contribution in [1.29, 1.82) is 0 Å². The van der Waals surface area contributed by atoms with Gasteiger partial charge in [-0.3, -0.25) is 13.6 Å². The first-order chi connectivity index (χ1) is 14.8. The molecule has 4 unspecified atom stereocenters. The van der Waals surface area contributed by atoms with Crippen molar-refractivity contribution in [3.63, 3.8) is 0 Å². The average molecular weight is 521 g/mol. The van der Waals surface area contributed by atoms with E-state index in [0.29, 0.717) is 7.11 Å². The van der Waals surface area contributed by atoms with Crippen LogP contribution in [0.15, 0.2) is 29.7 Å². The number of aromatic nitrogens is 2. The number of phosphoric acid groups is 3. The van der Waals surface area contributed by atoms with Crippen molar-refractivity contribution in [2.45, 2.75) is 24.9 Å². The first-order valence-electron chi connectivity index (χ1n) is 8.61. The van der Waals surface area contributed by atoms with Crippen LogP contribution in [0.2, 0.25) is 0 Å². The zero-order valence-electron chi connectivity index (χ0n) is 16.5. The Balaban J connectivity index is 2.08. The summed E-state index contributed by atoms with van der Waals surface area (Å²) in [5.41, 5.74) is 4.74. The predicted octanol–water partition coefficient (Wildman–Crippen LogP) is 0.682. The number of nitrogen functional groups attached to an aromatic ring is 1. The molecular weight excluding hydrogens is 499 g/mol. The van der Waals surface area contributed by atoms with Crippen LogP contribution in [0.5, 0.6) is 0 Å². The summed E-state index contributed by atoms with van der Waals surface area (Å²) in [6, 6.07) is 1.36. The van der Waals surface area contributed by atoms with E-state index in [-0.39, 0.29) is 18.8 Å². The molecule has 1 fully saturated rings. The molecule has 0 radical (unpaired) electrons. The van der Waals surface area contributed by atoms with Gasteiger partial charge in [0.05, 0.1) is 19.3 Å². The van der Waals surface area contributed by atoms with E-state index in [1.165, 1.54) is 18.3 Å². The number of nitrogens with zero attached hydrogens (tertiary/aromatic N) is 2. The van der Waals surface area contributed by atoms with Gasteiger partial charge in [-0.05, 0) is 6.07 Å². The van der Waals surface area contributed by atoms with E-state index < -0.39 is 54.2 Å². The number of ether oxygens (including phenoxy) is 2. The van der Waals surface area contributed by atoms with Crippen LogP contribution >= 0.6 is 23.5 Å². The molecule has 182 valence electrons. The molecule has 2 heterocycles. The lowest BCUT2D eigenvalue weighted by molar-refractivity contribution is -0.0570. The van der Waals surface area contributed by atoms with Gasteiger partial charge in [0.15, 0.2) is 0 Å². The van der Waals surface area contributed by atoms with Crippen molar-refractivity contribution in [1.82, 2.24) is 9.55 Å². The fraction of sp³-hybridized carbons (Fsp3) is 0.538. The van der Waals surface area contributed by atoms with Gasteiger partial charge >= 0.3 is 29.2 Å². The second kappa shape index (κ2) is 10.8. The minimum absolute atomic E-state index is 0.00138. The molecule has 1 aliphatic heterocycles. The molecule has 5 N–H and O–H groups in total. The lowest BCUT2D eigenvalue weighted by Gasteiger charge is -2.21. The molecule has 0 spiro atoms. The van der Waals surface area contributed by atoms with Gasteiger partial charge in [-0.15, -0.1) is 6.58 Å². The molecular formula is C13H22N3O13P3. The lowest BCUT2D eigenvalue weighted by atomic mass is 10.2. The third-order valence-corrected chi connectivity index (χ3v) is 8.05. The highest BCUT2D eigenvalue weighted by Crippen LogP contribution is 2.67. The van der Waals surface area contributed by atoms with Crippen LogP contribution in [0.4, 0.5) is 5.82 Å². The molecule has 0 aliphatic carbocycles. The minimum Gasteiger partial charge on any atom is -0.383 e. The topological polar surface area (TPSA) is 228 Å². The smallest absolute Gasteiger partial charge is 0.383 e. The SMILES string of the molecule is C=CCOC1C[C@H](n2ccc(N)nc2=O)O[C@@H]1COP(=O)(O)OP(=O)(O)OP(=O)(O)OC. The Morgan fingerprint density at radius 1 is 1.28 bits per heavy atom. The number of rotatable bonds is 12. The Morgan fingerprint density at radius 3 is 2.53 bits per heavy atom. The lowest BCUT2D eigenvalue weighted by Crippen LogP contribution is -2.29. The van der Waals surface area contributed by atoms with Crippen LogP contribution in [-0.2, 0) is 40.8 Å². The Bertz CT molecular complexity index is 1020. The van der Waals surface area contributed by atoms with Crippen LogP contribution in [-0.4, -0.2) is 56.8 Å². The van der Waals surface area contributed by atoms with Crippen molar-refractivity contribution in [2.75, 3.05) is 26.1 Å². The summed E-state index contributed by atoms with van der Waals surface area (Å²) in [4.78, 5) is 43.8. The zero-order valence-corrected chi connectivity index (χ0v) is 19.2. The van der Waals surface area contributed by atoms with Gasteiger partial charge in [-0.2, -0.15) is 13.6 Å². The van der Waals surface area contributed by atoms with Gasteiger partial charge in [-0.1, -0.05) is 6.08 Å². The van der Waals surface area contributed by atoms with Crippen molar-refractivity contribution >= 4 is 29.3 Å². The van der Waals surface area contributed by atoms with E-state index in [1.807, 2.05) is 0 Å². The van der Waals surface area contributed by atoms with E-state index in [2.05, 4.69) is 29.2 Å². The molecule has 19 heteroatoms. The second-order valence-corrected chi connectivity index (χ2v) is 10.9. The highest BCUT2D eigenvalue weighted by molar-refractivity contribution is 7.66. The fourth-order valence-electron chi connectivity index (χ4n) is 2.53. The first-order valence-corrected chi connectivity index (χ1v) is 13.1. The molecule has 0 amide bonds. The monoisotopic (exact) mass is 521 g/mol. The molecule has 1 aromatic heterocycles. The van der Waals surface area contributed by atoms with Crippen LogP contribution in [0.25, 0.3) is 0 Å². The number of hydrogen-bond acceptors (Lipinski definition) is 12. The summed E-state index contributed by atoms with van der Waals surface area (Å²) >= 11 is 0. The van der Waals surface area contributed by atoms with Crippen LogP contribution in [0, 0.1) is 0 Å². The number of phosphoric ester groups is 2. The van der Waals surface area contributed by atoms with Crippen LogP contribution in [0.3, 0.4) is 0 Å². The minimum atomic E-state index is -5.54. The van der Waals surface area contributed by atoms with Crippen LogP contribution in [0.1, 0.15) is 12.6 Å². The number of anilines is 1. The largest absolute Gasteiger partial charge is 0.490 e. The van der Waals surface area contributed by atoms with Crippen molar-refractivity contribution in [2.24, 2.45) is 0 Å². The second-order valence-electron chi connectivity index (χ2n) is 6.11. The quantitative estimate of drug-likeness (QED) is 0.219.